The lowest BCUT2D eigenvalue weighted by Crippen LogP contribution is -2.35. The van der Waals surface area contributed by atoms with E-state index in [1.165, 1.54) is 0 Å². The number of unbranched alkanes of at least 4 members (excludes halogenated alkanes) is 1. The third-order valence-electron chi connectivity index (χ3n) is 3.19. The summed E-state index contributed by atoms with van der Waals surface area (Å²) >= 11 is 0. The Labute approximate surface area is 118 Å². The van der Waals surface area contributed by atoms with E-state index >= 15 is 0 Å². The van der Waals surface area contributed by atoms with Crippen molar-refractivity contribution < 1.29 is 14.4 Å². The quantitative estimate of drug-likeness (QED) is 0.809. The van der Waals surface area contributed by atoms with Crippen molar-refractivity contribution in [2.24, 2.45) is 5.16 Å². The topological polar surface area (TPSA) is 59.9 Å². The maximum atomic E-state index is 11.9. The molecule has 108 valence electrons. The van der Waals surface area contributed by atoms with Gasteiger partial charge in [0.15, 0.2) is 0 Å². The Morgan fingerprint density at radius 2 is 2.40 bits per heavy atom. The smallest absolute Gasteiger partial charge is 0.264 e. The summed E-state index contributed by atoms with van der Waals surface area (Å²) in [4.78, 5) is 17.1. The van der Waals surface area contributed by atoms with Gasteiger partial charge in [0.2, 0.25) is 6.10 Å². The van der Waals surface area contributed by atoms with Gasteiger partial charge in [0.25, 0.3) is 5.91 Å². The summed E-state index contributed by atoms with van der Waals surface area (Å²) in [6.07, 6.45) is 2.00. The first kappa shape index (κ1) is 14.4. The van der Waals surface area contributed by atoms with Gasteiger partial charge in [-0.15, -0.1) is 0 Å². The summed E-state index contributed by atoms with van der Waals surface area (Å²) in [5.41, 5.74) is 1.70. The summed E-state index contributed by atoms with van der Waals surface area (Å²) in [5, 5.41) is 6.87. The van der Waals surface area contributed by atoms with Crippen LogP contribution >= 0.6 is 0 Å². The van der Waals surface area contributed by atoms with Crippen LogP contribution in [-0.4, -0.2) is 31.4 Å². The number of hydrogen-bond donors (Lipinski definition) is 1. The molecule has 0 saturated carbocycles. The summed E-state index contributed by atoms with van der Waals surface area (Å²) < 4.78 is 5.18. The molecule has 0 fully saturated rings. The molecule has 1 N–H and O–H groups in total. The van der Waals surface area contributed by atoms with Gasteiger partial charge < -0.3 is 14.9 Å². The van der Waals surface area contributed by atoms with Crippen LogP contribution in [0.1, 0.15) is 31.7 Å². The molecule has 1 atom stereocenters. The number of amides is 1. The lowest BCUT2D eigenvalue weighted by molar-refractivity contribution is -0.131. The summed E-state index contributed by atoms with van der Waals surface area (Å²) in [7, 11) is 1.62. The minimum atomic E-state index is -0.520. The second-order valence-corrected chi connectivity index (χ2v) is 4.71. The van der Waals surface area contributed by atoms with Crippen LogP contribution in [-0.2, 0) is 9.63 Å². The van der Waals surface area contributed by atoms with Crippen LogP contribution in [0.3, 0.4) is 0 Å². The predicted octanol–water partition coefficient (Wildman–Crippen LogP) is 2.10. The Hall–Kier alpha value is -2.04. The van der Waals surface area contributed by atoms with E-state index in [1.807, 2.05) is 24.3 Å². The summed E-state index contributed by atoms with van der Waals surface area (Å²) in [5.74, 6) is 0.668. The SMILES string of the molecule is CCCCNC(=O)[C@@H]1CC(c2cccc(OC)c2)=NO1. The number of ether oxygens (including phenoxy) is 1. The van der Waals surface area contributed by atoms with Crippen LogP contribution in [0.15, 0.2) is 29.4 Å². The minimum Gasteiger partial charge on any atom is -0.497 e. The fourth-order valence-corrected chi connectivity index (χ4v) is 1.99. The molecule has 1 aliphatic rings. The van der Waals surface area contributed by atoms with Crippen LogP contribution in [0.4, 0.5) is 0 Å². The van der Waals surface area contributed by atoms with Gasteiger partial charge in [-0.3, -0.25) is 4.79 Å². The number of carbonyl (C=O) groups is 1. The average molecular weight is 276 g/mol. The maximum Gasteiger partial charge on any atom is 0.264 e. The van der Waals surface area contributed by atoms with Gasteiger partial charge in [-0.05, 0) is 18.6 Å². The molecule has 1 aromatic rings. The van der Waals surface area contributed by atoms with Crippen molar-refractivity contribution in [1.82, 2.24) is 5.32 Å². The second-order valence-electron chi connectivity index (χ2n) is 4.71. The normalized spacial score (nSPS) is 17.3. The van der Waals surface area contributed by atoms with E-state index in [0.29, 0.717) is 13.0 Å². The summed E-state index contributed by atoms with van der Waals surface area (Å²) in [6.45, 7) is 2.77. The zero-order chi connectivity index (χ0) is 14.4. The molecule has 0 radical (unpaired) electrons. The highest BCUT2D eigenvalue weighted by atomic mass is 16.6. The number of benzene rings is 1. The summed E-state index contributed by atoms with van der Waals surface area (Å²) in [6, 6.07) is 7.59. The molecule has 5 nitrogen and oxygen atoms in total. The number of rotatable bonds is 6. The van der Waals surface area contributed by atoms with Crippen LogP contribution in [0, 0.1) is 0 Å². The van der Waals surface area contributed by atoms with E-state index in [2.05, 4.69) is 17.4 Å². The van der Waals surface area contributed by atoms with Crippen LogP contribution in [0.5, 0.6) is 5.75 Å². The molecule has 1 aromatic carbocycles. The standard InChI is InChI=1S/C15H20N2O3/c1-3-4-8-16-15(18)14-10-13(17-20-14)11-6-5-7-12(9-11)19-2/h5-7,9,14H,3-4,8,10H2,1-2H3,(H,16,18)/t14-/m0/s1. The van der Waals surface area contributed by atoms with Crippen LogP contribution < -0.4 is 10.1 Å². The van der Waals surface area contributed by atoms with E-state index < -0.39 is 6.10 Å². The van der Waals surface area contributed by atoms with Crippen molar-refractivity contribution in [2.75, 3.05) is 13.7 Å². The van der Waals surface area contributed by atoms with E-state index in [9.17, 15) is 4.79 Å². The number of nitrogens with one attached hydrogen (secondary N) is 1. The Balaban J connectivity index is 1.92. The molecule has 1 aliphatic heterocycles. The fourth-order valence-electron chi connectivity index (χ4n) is 1.99. The lowest BCUT2D eigenvalue weighted by atomic mass is 10.0. The van der Waals surface area contributed by atoms with Gasteiger partial charge in [-0.25, -0.2) is 0 Å². The van der Waals surface area contributed by atoms with Crippen molar-refractivity contribution in [3.8, 4) is 5.75 Å². The Morgan fingerprint density at radius 1 is 1.55 bits per heavy atom. The molecule has 0 aliphatic carbocycles. The number of nitrogens with zero attached hydrogens (tertiary/aromatic N) is 1. The third-order valence-corrected chi connectivity index (χ3v) is 3.19. The molecule has 0 spiro atoms. The van der Waals surface area contributed by atoms with E-state index in [0.717, 1.165) is 29.9 Å². The monoisotopic (exact) mass is 276 g/mol. The predicted molar refractivity (Wildman–Crippen MR) is 76.9 cm³/mol. The van der Waals surface area contributed by atoms with Gasteiger partial charge in [0.05, 0.1) is 12.8 Å². The first-order valence-corrected chi connectivity index (χ1v) is 6.89. The van der Waals surface area contributed by atoms with Gasteiger partial charge in [0.1, 0.15) is 5.75 Å². The van der Waals surface area contributed by atoms with Crippen LogP contribution in [0.2, 0.25) is 0 Å². The van der Waals surface area contributed by atoms with Gasteiger partial charge in [0, 0.05) is 18.5 Å². The molecule has 1 amide bonds. The average Bonchev–Trinajstić information content (AvgIpc) is 2.97. The van der Waals surface area contributed by atoms with Gasteiger partial charge in [-0.1, -0.05) is 30.6 Å². The highest BCUT2D eigenvalue weighted by Crippen LogP contribution is 2.20. The Morgan fingerprint density at radius 3 is 3.15 bits per heavy atom. The Kier molecular flexibility index (Phi) is 4.98. The molecule has 0 bridgehead atoms. The first-order valence-electron chi connectivity index (χ1n) is 6.89. The fraction of sp³-hybridized carbons (Fsp3) is 0.467. The highest BCUT2D eigenvalue weighted by molar-refractivity contribution is 6.04. The van der Waals surface area contributed by atoms with Crippen LogP contribution in [0.25, 0.3) is 0 Å². The molecule has 20 heavy (non-hydrogen) atoms. The molecular weight excluding hydrogens is 256 g/mol. The highest BCUT2D eigenvalue weighted by Gasteiger charge is 2.28. The van der Waals surface area contributed by atoms with Crippen molar-refractivity contribution >= 4 is 11.6 Å². The van der Waals surface area contributed by atoms with Crippen molar-refractivity contribution in [1.29, 1.82) is 0 Å². The minimum absolute atomic E-state index is 0.0971. The molecule has 0 unspecified atom stereocenters. The van der Waals surface area contributed by atoms with Gasteiger partial charge >= 0.3 is 0 Å². The number of carbonyl (C=O) groups excluding carboxylic acids is 1. The van der Waals surface area contributed by atoms with Crippen molar-refractivity contribution in [3.05, 3.63) is 29.8 Å². The lowest BCUT2D eigenvalue weighted by Gasteiger charge is -2.08. The third kappa shape index (κ3) is 3.50. The first-order chi connectivity index (χ1) is 9.74. The molecule has 2 rings (SSSR count). The zero-order valence-electron chi connectivity index (χ0n) is 11.9. The number of hydrogen-bond acceptors (Lipinski definition) is 4. The van der Waals surface area contributed by atoms with E-state index in [-0.39, 0.29) is 5.91 Å². The number of oxime groups is 1. The van der Waals surface area contributed by atoms with Gasteiger partial charge in [-0.2, -0.15) is 0 Å². The van der Waals surface area contributed by atoms with E-state index in [1.54, 1.807) is 7.11 Å². The Bertz CT molecular complexity index is 500. The second kappa shape index (κ2) is 6.93. The molecule has 5 heteroatoms. The molecule has 0 saturated heterocycles. The molecule has 1 heterocycles. The largest absolute Gasteiger partial charge is 0.497 e. The van der Waals surface area contributed by atoms with Crippen molar-refractivity contribution in [2.45, 2.75) is 32.3 Å². The van der Waals surface area contributed by atoms with Crippen molar-refractivity contribution in [3.63, 3.8) is 0 Å². The molecular formula is C15H20N2O3. The molecule has 0 aromatic heterocycles. The van der Waals surface area contributed by atoms with E-state index in [4.69, 9.17) is 9.57 Å². The zero-order valence-corrected chi connectivity index (χ0v) is 11.9. The number of methoxy groups -OCH3 is 1. The maximum absolute atomic E-state index is 11.9.